The first kappa shape index (κ1) is 15.7. The smallest absolute Gasteiger partial charge is 0.424 e. The molecule has 6 heteroatoms. The lowest BCUT2D eigenvalue weighted by molar-refractivity contribution is 0.110. The SMILES string of the molecule is C[C@H]1[C@@H](c2ccccc2)O[S@@](=O)N1C(=O)OCc1ccccc1. The Morgan fingerprint density at radius 3 is 2.39 bits per heavy atom. The minimum atomic E-state index is -1.85. The van der Waals surface area contributed by atoms with E-state index in [1.807, 2.05) is 60.7 Å². The fourth-order valence-electron chi connectivity index (χ4n) is 2.46. The molecular weight excluding hydrogens is 314 g/mol. The summed E-state index contributed by atoms with van der Waals surface area (Å²) in [6.45, 7) is 1.93. The van der Waals surface area contributed by atoms with E-state index >= 15 is 0 Å². The number of amides is 1. The molecule has 5 nitrogen and oxygen atoms in total. The van der Waals surface area contributed by atoms with E-state index in [0.717, 1.165) is 15.4 Å². The van der Waals surface area contributed by atoms with Crippen LogP contribution in [-0.4, -0.2) is 20.6 Å². The highest BCUT2D eigenvalue weighted by atomic mass is 32.2. The van der Waals surface area contributed by atoms with Crippen molar-refractivity contribution in [3.8, 4) is 0 Å². The molecule has 0 bridgehead atoms. The third-order valence-electron chi connectivity index (χ3n) is 3.67. The van der Waals surface area contributed by atoms with Crippen LogP contribution in [0.5, 0.6) is 0 Å². The summed E-state index contributed by atoms with van der Waals surface area (Å²) in [6, 6.07) is 18.4. The lowest BCUT2D eigenvalue weighted by Gasteiger charge is -2.19. The van der Waals surface area contributed by atoms with Gasteiger partial charge in [0.1, 0.15) is 12.7 Å². The molecule has 0 aliphatic carbocycles. The van der Waals surface area contributed by atoms with Crippen molar-refractivity contribution in [1.82, 2.24) is 4.31 Å². The van der Waals surface area contributed by atoms with Crippen LogP contribution in [0, 0.1) is 0 Å². The Kier molecular flexibility index (Phi) is 4.73. The van der Waals surface area contributed by atoms with Gasteiger partial charge < -0.3 is 4.74 Å². The molecule has 120 valence electrons. The molecule has 23 heavy (non-hydrogen) atoms. The summed E-state index contributed by atoms with van der Waals surface area (Å²) in [4.78, 5) is 12.2. The second-order valence-electron chi connectivity index (χ2n) is 5.25. The summed E-state index contributed by atoms with van der Waals surface area (Å²) >= 11 is -1.85. The molecule has 1 heterocycles. The molecule has 1 aliphatic heterocycles. The molecule has 2 aromatic carbocycles. The second-order valence-corrected chi connectivity index (χ2v) is 6.27. The minimum Gasteiger partial charge on any atom is -0.444 e. The van der Waals surface area contributed by atoms with Crippen molar-refractivity contribution in [2.24, 2.45) is 0 Å². The maximum absolute atomic E-state index is 12.2. The minimum absolute atomic E-state index is 0.135. The number of benzene rings is 2. The van der Waals surface area contributed by atoms with E-state index in [1.54, 1.807) is 6.92 Å². The van der Waals surface area contributed by atoms with E-state index < -0.39 is 23.5 Å². The quantitative estimate of drug-likeness (QED) is 0.865. The number of carbonyl (C=O) groups excluding carboxylic acids is 1. The molecule has 0 saturated carbocycles. The van der Waals surface area contributed by atoms with Gasteiger partial charge in [0.25, 0.3) is 11.3 Å². The van der Waals surface area contributed by atoms with Crippen LogP contribution < -0.4 is 0 Å². The van der Waals surface area contributed by atoms with Crippen LogP contribution in [0.4, 0.5) is 4.79 Å². The number of hydrogen-bond donors (Lipinski definition) is 0. The summed E-state index contributed by atoms with van der Waals surface area (Å²) in [5.74, 6) is 0. The van der Waals surface area contributed by atoms with E-state index in [-0.39, 0.29) is 12.6 Å². The van der Waals surface area contributed by atoms with Crippen LogP contribution in [0.15, 0.2) is 60.7 Å². The van der Waals surface area contributed by atoms with Gasteiger partial charge in [-0.15, -0.1) is 0 Å². The van der Waals surface area contributed by atoms with Gasteiger partial charge in [-0.3, -0.25) is 4.18 Å². The van der Waals surface area contributed by atoms with Gasteiger partial charge in [-0.1, -0.05) is 60.7 Å². The summed E-state index contributed by atoms with van der Waals surface area (Å²) < 4.78 is 24.0. The fraction of sp³-hybridized carbons (Fsp3) is 0.235. The highest BCUT2D eigenvalue weighted by molar-refractivity contribution is 7.78. The summed E-state index contributed by atoms with van der Waals surface area (Å²) in [5, 5.41) is 0. The Labute approximate surface area is 137 Å². The van der Waals surface area contributed by atoms with Crippen molar-refractivity contribution in [2.75, 3.05) is 0 Å². The van der Waals surface area contributed by atoms with Crippen LogP contribution in [0.2, 0.25) is 0 Å². The predicted molar refractivity (Wildman–Crippen MR) is 86.3 cm³/mol. The molecule has 1 saturated heterocycles. The standard InChI is InChI=1S/C17H17NO4S/c1-13-16(15-10-6-3-7-11-15)22-23(20)18(13)17(19)21-12-14-8-4-2-5-9-14/h2-11,13,16H,12H2,1H3/t13-,16-,23+/m0/s1. The number of nitrogens with zero attached hydrogens (tertiary/aromatic N) is 1. The van der Waals surface area contributed by atoms with Gasteiger partial charge in [-0.05, 0) is 18.1 Å². The molecular formula is C17H17NO4S. The van der Waals surface area contributed by atoms with E-state index in [2.05, 4.69) is 0 Å². The first-order valence-electron chi connectivity index (χ1n) is 7.30. The first-order valence-corrected chi connectivity index (χ1v) is 8.34. The molecule has 2 aromatic rings. The van der Waals surface area contributed by atoms with Gasteiger partial charge >= 0.3 is 6.09 Å². The van der Waals surface area contributed by atoms with Crippen molar-refractivity contribution in [3.05, 3.63) is 71.8 Å². The molecule has 1 fully saturated rings. The van der Waals surface area contributed by atoms with Gasteiger partial charge in [0.15, 0.2) is 0 Å². The molecule has 0 N–H and O–H groups in total. The van der Waals surface area contributed by atoms with Gasteiger partial charge in [0.05, 0.1) is 6.04 Å². The van der Waals surface area contributed by atoms with E-state index in [9.17, 15) is 9.00 Å². The third kappa shape index (κ3) is 3.43. The molecule has 0 spiro atoms. The normalized spacial score (nSPS) is 23.7. The predicted octanol–water partition coefficient (Wildman–Crippen LogP) is 3.36. The summed E-state index contributed by atoms with van der Waals surface area (Å²) in [6.07, 6.45) is -1.07. The molecule has 1 aliphatic rings. The molecule has 0 unspecified atom stereocenters. The van der Waals surface area contributed by atoms with Crippen LogP contribution in [-0.2, 0) is 26.8 Å². The zero-order valence-electron chi connectivity index (χ0n) is 12.6. The Balaban J connectivity index is 1.67. The average molecular weight is 331 g/mol. The van der Waals surface area contributed by atoms with Crippen molar-refractivity contribution in [2.45, 2.75) is 25.7 Å². The molecule has 0 radical (unpaired) electrons. The largest absolute Gasteiger partial charge is 0.444 e. The van der Waals surface area contributed by atoms with Crippen LogP contribution in [0.3, 0.4) is 0 Å². The Hall–Kier alpha value is -2.18. The third-order valence-corrected chi connectivity index (χ3v) is 4.84. The lowest BCUT2D eigenvalue weighted by Crippen LogP contribution is -2.36. The van der Waals surface area contributed by atoms with Gasteiger partial charge in [0.2, 0.25) is 0 Å². The Morgan fingerprint density at radius 2 is 1.74 bits per heavy atom. The lowest BCUT2D eigenvalue weighted by atomic mass is 10.0. The van der Waals surface area contributed by atoms with Gasteiger partial charge in [-0.25, -0.2) is 9.00 Å². The Morgan fingerprint density at radius 1 is 1.13 bits per heavy atom. The van der Waals surface area contributed by atoms with E-state index in [4.69, 9.17) is 8.92 Å². The topological polar surface area (TPSA) is 55.8 Å². The second kappa shape index (κ2) is 6.93. The van der Waals surface area contributed by atoms with Crippen molar-refractivity contribution >= 4 is 17.4 Å². The van der Waals surface area contributed by atoms with Gasteiger partial charge in [-0.2, -0.15) is 4.31 Å². The summed E-state index contributed by atoms with van der Waals surface area (Å²) in [5.41, 5.74) is 1.76. The number of hydrogen-bond acceptors (Lipinski definition) is 4. The van der Waals surface area contributed by atoms with Crippen LogP contribution in [0.1, 0.15) is 24.2 Å². The maximum Gasteiger partial charge on any atom is 0.424 e. The highest BCUT2D eigenvalue weighted by Gasteiger charge is 2.43. The number of carbonyl (C=O) groups is 1. The zero-order valence-corrected chi connectivity index (χ0v) is 13.4. The highest BCUT2D eigenvalue weighted by Crippen LogP contribution is 2.34. The van der Waals surface area contributed by atoms with E-state index in [0.29, 0.717) is 0 Å². The van der Waals surface area contributed by atoms with Crippen molar-refractivity contribution in [3.63, 3.8) is 0 Å². The van der Waals surface area contributed by atoms with Crippen LogP contribution in [0.25, 0.3) is 0 Å². The molecule has 1 amide bonds. The van der Waals surface area contributed by atoms with Crippen LogP contribution >= 0.6 is 0 Å². The zero-order chi connectivity index (χ0) is 16.2. The van der Waals surface area contributed by atoms with Gasteiger partial charge in [0, 0.05) is 0 Å². The average Bonchev–Trinajstić information content (AvgIpc) is 2.89. The number of ether oxygens (including phenoxy) is 1. The van der Waals surface area contributed by atoms with Crippen molar-refractivity contribution in [1.29, 1.82) is 0 Å². The molecule has 0 aromatic heterocycles. The number of rotatable bonds is 3. The molecule has 3 atom stereocenters. The Bertz CT molecular complexity index is 692. The monoisotopic (exact) mass is 331 g/mol. The fourth-order valence-corrected chi connectivity index (χ4v) is 3.56. The first-order chi connectivity index (χ1) is 11.2. The molecule has 3 rings (SSSR count). The maximum atomic E-state index is 12.2. The van der Waals surface area contributed by atoms with Crippen molar-refractivity contribution < 1.29 is 17.9 Å². The summed E-state index contributed by atoms with van der Waals surface area (Å²) in [7, 11) is 0. The van der Waals surface area contributed by atoms with E-state index in [1.165, 1.54) is 0 Å².